The Morgan fingerprint density at radius 3 is 1.68 bits per heavy atom. The topological polar surface area (TPSA) is 0 Å². The largest absolute Gasteiger partial charge is 0.0622 e. The second kappa shape index (κ2) is 17.2. The Labute approximate surface area is 295 Å². The number of unbranched alkanes of at least 4 members (excludes halogenated alkanes) is 1. The molecule has 0 saturated carbocycles. The van der Waals surface area contributed by atoms with Crippen LogP contribution in [0.4, 0.5) is 0 Å². The molecule has 0 aromatic heterocycles. The summed E-state index contributed by atoms with van der Waals surface area (Å²) in [6.45, 7) is 4.71. The summed E-state index contributed by atoms with van der Waals surface area (Å²) in [5.41, 5.74) is 9.14. The van der Waals surface area contributed by atoms with Crippen molar-refractivity contribution < 1.29 is 23.2 Å². The number of allylic oxidation sites excluding steroid dienone is 5. The van der Waals surface area contributed by atoms with Gasteiger partial charge in [0.1, 0.15) is 0 Å². The van der Waals surface area contributed by atoms with E-state index in [0.717, 1.165) is 12.8 Å². The van der Waals surface area contributed by atoms with Crippen molar-refractivity contribution in [3.05, 3.63) is 194 Å². The predicted molar refractivity (Wildman–Crippen MR) is 201 cm³/mol. The average molecular weight is 708 g/mol. The molecule has 0 spiro atoms. The molecular weight excluding hydrogens is 663 g/mol. The van der Waals surface area contributed by atoms with Crippen LogP contribution in [0.2, 0.25) is 0 Å². The summed E-state index contributed by atoms with van der Waals surface area (Å²) in [6, 6.07) is 52.9. The molecule has 5 aromatic rings. The number of benzene rings is 5. The second-order valence-electron chi connectivity index (χ2n) is 12.4. The molecule has 1 atom stereocenters. The minimum absolute atomic E-state index is 0.529. The first-order valence-corrected chi connectivity index (χ1v) is 21.1. The Morgan fingerprint density at radius 1 is 0.617 bits per heavy atom. The van der Waals surface area contributed by atoms with E-state index >= 15 is 0 Å². The van der Waals surface area contributed by atoms with Crippen molar-refractivity contribution in [1.82, 2.24) is 0 Å². The predicted octanol–water partition coefficient (Wildman–Crippen LogP) is 11.6. The van der Waals surface area contributed by atoms with Crippen LogP contribution in [-0.2, 0) is 36.1 Å². The van der Waals surface area contributed by atoms with Gasteiger partial charge in [0.05, 0.1) is 0 Å². The minimum atomic E-state index is -0.832. The molecule has 47 heavy (non-hydrogen) atoms. The first kappa shape index (κ1) is 33.5. The molecular formula is C45H45PZr. The Kier molecular flexibility index (Phi) is 12.2. The van der Waals surface area contributed by atoms with Crippen LogP contribution in [0.25, 0.3) is 6.08 Å². The molecule has 0 bridgehead atoms. The van der Waals surface area contributed by atoms with Crippen LogP contribution in [-0.4, -0.2) is 0 Å². The normalized spacial score (nSPS) is 15.1. The van der Waals surface area contributed by atoms with Crippen molar-refractivity contribution in [2.24, 2.45) is 0 Å². The number of aryl methyl sites for hydroxylation is 2. The van der Waals surface area contributed by atoms with Crippen LogP contribution in [0.5, 0.6) is 0 Å². The van der Waals surface area contributed by atoms with Gasteiger partial charge < -0.3 is 0 Å². The molecule has 7 rings (SSSR count). The molecule has 1 unspecified atom stereocenters. The van der Waals surface area contributed by atoms with Gasteiger partial charge in [-0.2, -0.15) is 0 Å². The fourth-order valence-corrected chi connectivity index (χ4v) is 14.3. The van der Waals surface area contributed by atoms with Gasteiger partial charge in [-0.25, -0.2) is 0 Å². The van der Waals surface area contributed by atoms with E-state index in [9.17, 15) is 0 Å². The van der Waals surface area contributed by atoms with Crippen LogP contribution in [0, 0.1) is 0 Å². The van der Waals surface area contributed by atoms with Gasteiger partial charge in [0, 0.05) is 0 Å². The van der Waals surface area contributed by atoms with E-state index in [4.69, 9.17) is 0 Å². The zero-order valence-electron chi connectivity index (χ0n) is 27.8. The fourth-order valence-electron chi connectivity index (χ4n) is 6.56. The standard InChI is InChI=1S/C21H16P.C14H14.C10H15.Zr/c1-3-11-19(12-4-1)22(20-13-5-2-6-14-20)21-15-17-9-7-8-10-18(17)16-21;1-3-7-13(8-4-1)11-12-14-9-5-2-6-10-14;1-3-4-7-10-8-5-6-9(10)2;/h1-16H;1-10H,11-12H2;8H,3-5,7H2,1-2H3;. The van der Waals surface area contributed by atoms with E-state index in [1.807, 2.05) is 3.28 Å². The Bertz CT molecular complexity index is 1720. The van der Waals surface area contributed by atoms with E-state index in [2.05, 4.69) is 172 Å². The molecule has 2 aliphatic rings. The Hall–Kier alpha value is -3.37. The third-order valence-corrected chi connectivity index (χ3v) is 16.8. The molecule has 5 aromatic carbocycles. The zero-order chi connectivity index (χ0) is 32.3. The summed E-state index contributed by atoms with van der Waals surface area (Å²) >= 11 is -0.832. The van der Waals surface area contributed by atoms with Crippen molar-refractivity contribution in [2.75, 3.05) is 0 Å². The smallest absolute Gasteiger partial charge is 0.0238 e. The fraction of sp³-hybridized carbons (Fsp3) is 0.200. The number of hydrogen-bond donors (Lipinski definition) is 0. The molecule has 0 heterocycles. The van der Waals surface area contributed by atoms with E-state index in [-0.39, 0.29) is 0 Å². The molecule has 0 N–H and O–H groups in total. The molecule has 0 nitrogen and oxygen atoms in total. The van der Waals surface area contributed by atoms with Gasteiger partial charge in [-0.05, 0) is 24.0 Å². The number of hydrogen-bond acceptors (Lipinski definition) is 0. The SMILES string of the molecule is CCCCC1=CC[C]([Zr][CH]2C(P(c3ccccc3)c3ccccc3)=Cc3ccccc32)=C1C.c1ccc(CCc2ccccc2)cc1. The zero-order valence-corrected chi connectivity index (χ0v) is 31.1. The van der Waals surface area contributed by atoms with Crippen LogP contribution in [0.15, 0.2) is 171 Å². The van der Waals surface area contributed by atoms with Crippen LogP contribution in [0.1, 0.15) is 65.4 Å². The summed E-state index contributed by atoms with van der Waals surface area (Å²) in [7, 11) is -0.529. The minimum Gasteiger partial charge on any atom is -0.0622 e. The third-order valence-electron chi connectivity index (χ3n) is 9.19. The first-order chi connectivity index (χ1) is 23.2. The van der Waals surface area contributed by atoms with Crippen LogP contribution >= 0.6 is 7.92 Å². The van der Waals surface area contributed by atoms with Crippen LogP contribution < -0.4 is 10.6 Å². The van der Waals surface area contributed by atoms with Gasteiger partial charge in [-0.15, -0.1) is 0 Å². The van der Waals surface area contributed by atoms with E-state index in [1.54, 1.807) is 22.0 Å². The van der Waals surface area contributed by atoms with Crippen molar-refractivity contribution >= 4 is 24.6 Å². The summed E-state index contributed by atoms with van der Waals surface area (Å²) in [5.74, 6) is 0. The van der Waals surface area contributed by atoms with Crippen molar-refractivity contribution in [2.45, 2.75) is 56.0 Å². The van der Waals surface area contributed by atoms with Gasteiger partial charge in [-0.3, -0.25) is 0 Å². The van der Waals surface area contributed by atoms with Crippen molar-refractivity contribution in [3.63, 3.8) is 0 Å². The third kappa shape index (κ3) is 8.76. The van der Waals surface area contributed by atoms with Gasteiger partial charge >= 0.3 is 213 Å². The average Bonchev–Trinajstić information content (AvgIpc) is 3.67. The number of rotatable bonds is 11. The molecule has 0 aliphatic heterocycles. The maximum absolute atomic E-state index is 2.56. The molecule has 0 radical (unpaired) electrons. The Balaban J connectivity index is 0.000000230. The van der Waals surface area contributed by atoms with Gasteiger partial charge in [0.2, 0.25) is 0 Å². The summed E-state index contributed by atoms with van der Waals surface area (Å²) in [4.78, 5) is 0. The molecule has 0 saturated heterocycles. The second-order valence-corrected chi connectivity index (χ2v) is 18.2. The van der Waals surface area contributed by atoms with E-state index < -0.39 is 31.2 Å². The first-order valence-electron chi connectivity index (χ1n) is 17.2. The van der Waals surface area contributed by atoms with Gasteiger partial charge in [-0.1, -0.05) is 60.7 Å². The van der Waals surface area contributed by atoms with Gasteiger partial charge in [0.25, 0.3) is 0 Å². The summed E-state index contributed by atoms with van der Waals surface area (Å²) in [6.07, 6.45) is 12.4. The summed E-state index contributed by atoms with van der Waals surface area (Å²) in [5, 5.41) is 4.62. The van der Waals surface area contributed by atoms with E-state index in [0.29, 0.717) is 3.63 Å². The Morgan fingerprint density at radius 2 is 1.13 bits per heavy atom. The summed E-state index contributed by atoms with van der Waals surface area (Å²) < 4.78 is 2.44. The quantitative estimate of drug-likeness (QED) is 0.120. The number of fused-ring (bicyclic) bond motifs is 1. The van der Waals surface area contributed by atoms with Gasteiger partial charge in [0.15, 0.2) is 0 Å². The molecule has 0 fully saturated rings. The monoisotopic (exact) mass is 706 g/mol. The van der Waals surface area contributed by atoms with Crippen molar-refractivity contribution in [3.8, 4) is 0 Å². The maximum atomic E-state index is 2.56. The maximum Gasteiger partial charge on any atom is -0.0238 e. The van der Waals surface area contributed by atoms with Crippen LogP contribution in [0.3, 0.4) is 0 Å². The molecule has 0 amide bonds. The van der Waals surface area contributed by atoms with Crippen molar-refractivity contribution in [1.29, 1.82) is 0 Å². The molecule has 2 aliphatic carbocycles. The van der Waals surface area contributed by atoms with E-state index in [1.165, 1.54) is 53.0 Å². The molecule has 234 valence electrons. The molecule has 2 heteroatoms.